The molecule has 3 heterocycles. The van der Waals surface area contributed by atoms with E-state index in [0.717, 1.165) is 39.7 Å². The Kier molecular flexibility index (Phi) is 6.47. The number of benzene rings is 4. The molecule has 6 heteroatoms. The first-order valence-electron chi connectivity index (χ1n) is 14.3. The molecule has 0 radical (unpaired) electrons. The fourth-order valence-corrected chi connectivity index (χ4v) is 7.47. The zero-order chi connectivity index (χ0) is 29.0. The number of ketones is 2. The Hall–Kier alpha value is -4.29. The van der Waals surface area contributed by atoms with Gasteiger partial charge in [-0.2, -0.15) is 0 Å². The largest absolute Gasteiger partial charge is 0.352 e. The summed E-state index contributed by atoms with van der Waals surface area (Å²) in [5.41, 5.74) is 4.06. The quantitative estimate of drug-likeness (QED) is 0.232. The normalized spacial score (nSPS) is 23.3. The Labute approximate surface area is 253 Å². The van der Waals surface area contributed by atoms with Crippen LogP contribution in [0.2, 0.25) is 0 Å². The number of para-hydroxylation sites is 2. The molecule has 208 valence electrons. The lowest BCUT2D eigenvalue weighted by Crippen LogP contribution is -2.51. The zero-order valence-electron chi connectivity index (χ0n) is 23.1. The van der Waals surface area contributed by atoms with Crippen molar-refractivity contribution in [2.75, 3.05) is 10.2 Å². The molecule has 3 aliphatic heterocycles. The van der Waals surface area contributed by atoms with Crippen LogP contribution in [-0.2, 0) is 16.6 Å². The minimum Gasteiger partial charge on any atom is -0.352 e. The molecular formula is C36H29BrN2O3. The van der Waals surface area contributed by atoms with Gasteiger partial charge in [0.25, 0.3) is 0 Å². The number of hydrogen-bond donors (Lipinski definition) is 1. The molecule has 3 aliphatic rings. The first-order chi connectivity index (χ1) is 20.4. The predicted octanol–water partition coefficient (Wildman–Crippen LogP) is 7.26. The maximum atomic E-state index is 14.8. The van der Waals surface area contributed by atoms with Crippen molar-refractivity contribution in [2.45, 2.75) is 37.3 Å². The van der Waals surface area contributed by atoms with Gasteiger partial charge in [-0.15, -0.1) is 0 Å². The number of Topliss-reactive ketones (excluding diaryl/α,β-unsaturated/α-hetero) is 2. The minimum atomic E-state index is -1.31. The van der Waals surface area contributed by atoms with E-state index in [2.05, 4.69) is 28.2 Å². The summed E-state index contributed by atoms with van der Waals surface area (Å²) in [7, 11) is 0. The second kappa shape index (κ2) is 10.2. The van der Waals surface area contributed by atoms with Gasteiger partial charge in [0.2, 0.25) is 5.91 Å². The number of halogens is 1. The van der Waals surface area contributed by atoms with E-state index in [4.69, 9.17) is 0 Å². The summed E-state index contributed by atoms with van der Waals surface area (Å²) in [5.74, 6) is -1.63. The predicted molar refractivity (Wildman–Crippen MR) is 169 cm³/mol. The smallest absolute Gasteiger partial charge is 0.238 e. The van der Waals surface area contributed by atoms with Gasteiger partial charge in [-0.1, -0.05) is 114 Å². The number of nitrogens with zero attached hydrogens (tertiary/aromatic N) is 1. The summed E-state index contributed by atoms with van der Waals surface area (Å²) in [6.07, 6.45) is 5.95. The van der Waals surface area contributed by atoms with Crippen molar-refractivity contribution < 1.29 is 14.4 Å². The Morgan fingerprint density at radius 2 is 1.52 bits per heavy atom. The number of aryl methyl sites for hydroxylation is 1. The molecule has 1 amide bonds. The summed E-state index contributed by atoms with van der Waals surface area (Å²) in [6, 6.07) is 28.9. The molecule has 0 aliphatic carbocycles. The number of rotatable bonds is 6. The van der Waals surface area contributed by atoms with E-state index in [1.165, 1.54) is 0 Å². The van der Waals surface area contributed by atoms with Crippen LogP contribution in [0.5, 0.6) is 0 Å². The van der Waals surface area contributed by atoms with Gasteiger partial charge >= 0.3 is 0 Å². The van der Waals surface area contributed by atoms with Crippen molar-refractivity contribution in [2.24, 2.45) is 5.92 Å². The maximum Gasteiger partial charge on any atom is 0.238 e. The van der Waals surface area contributed by atoms with Crippen LogP contribution in [-0.4, -0.2) is 29.6 Å². The number of hydrogen-bond acceptors (Lipinski definition) is 4. The molecule has 0 unspecified atom stereocenters. The van der Waals surface area contributed by atoms with Crippen LogP contribution in [0.3, 0.4) is 0 Å². The first kappa shape index (κ1) is 26.6. The molecule has 1 saturated heterocycles. The number of carbonyl (C=O) groups excluding carboxylic acids is 3. The highest BCUT2D eigenvalue weighted by molar-refractivity contribution is 9.10. The molecule has 1 spiro atoms. The van der Waals surface area contributed by atoms with Crippen LogP contribution >= 0.6 is 15.9 Å². The van der Waals surface area contributed by atoms with E-state index in [-0.39, 0.29) is 17.5 Å². The van der Waals surface area contributed by atoms with Crippen LogP contribution in [0, 0.1) is 5.92 Å². The molecule has 7 rings (SSSR count). The van der Waals surface area contributed by atoms with Crippen LogP contribution in [0.4, 0.5) is 11.4 Å². The molecular weight excluding hydrogens is 588 g/mol. The van der Waals surface area contributed by atoms with E-state index < -0.39 is 23.4 Å². The number of anilines is 2. The van der Waals surface area contributed by atoms with Gasteiger partial charge < -0.3 is 10.2 Å². The zero-order valence-corrected chi connectivity index (χ0v) is 24.7. The van der Waals surface area contributed by atoms with Gasteiger partial charge in [-0.3, -0.25) is 14.4 Å². The molecule has 4 aromatic carbocycles. The molecule has 5 nitrogen and oxygen atoms in total. The summed E-state index contributed by atoms with van der Waals surface area (Å²) in [5, 5.41) is 3.08. The van der Waals surface area contributed by atoms with E-state index in [9.17, 15) is 14.4 Å². The molecule has 4 atom stereocenters. The summed E-state index contributed by atoms with van der Waals surface area (Å²) in [4.78, 5) is 46.0. The lowest BCUT2D eigenvalue weighted by Gasteiger charge is -2.37. The van der Waals surface area contributed by atoms with Crippen LogP contribution in [0.1, 0.15) is 50.8 Å². The van der Waals surface area contributed by atoms with Crippen molar-refractivity contribution in [3.63, 3.8) is 0 Å². The number of amides is 1. The van der Waals surface area contributed by atoms with Gasteiger partial charge in [0.15, 0.2) is 11.6 Å². The summed E-state index contributed by atoms with van der Waals surface area (Å²) >= 11 is 3.47. The topological polar surface area (TPSA) is 66.5 Å². The van der Waals surface area contributed by atoms with Crippen molar-refractivity contribution in [1.29, 1.82) is 0 Å². The lowest BCUT2D eigenvalue weighted by atomic mass is 9.64. The van der Waals surface area contributed by atoms with Crippen molar-refractivity contribution in [1.82, 2.24) is 0 Å². The Balaban J connectivity index is 1.49. The second-order valence-corrected chi connectivity index (χ2v) is 12.2. The fraction of sp³-hybridized carbons (Fsp3) is 0.194. The Morgan fingerprint density at radius 1 is 0.857 bits per heavy atom. The van der Waals surface area contributed by atoms with Crippen LogP contribution in [0.15, 0.2) is 108 Å². The summed E-state index contributed by atoms with van der Waals surface area (Å²) in [6.45, 7) is 2.13. The third-order valence-corrected chi connectivity index (χ3v) is 9.53. The van der Waals surface area contributed by atoms with Gasteiger partial charge in [-0.05, 0) is 47.4 Å². The summed E-state index contributed by atoms with van der Waals surface area (Å²) < 4.78 is 0.846. The molecule has 0 bridgehead atoms. The standard InChI is InChI=1S/C36H29BrN2O3/c1-2-7-22-12-14-25(15-13-22)34(41)32-31(33(40)24-16-19-26(37)20-17-24)36(27-9-4-5-10-28(27)38-35(36)42)30-21-18-23-8-3-6-11-29(23)39(30)32/h3-6,8-21,30-32H,2,7H2,1H3,(H,38,42)/t30-,31-,32-,36-/m1/s1. The first-order valence-corrected chi connectivity index (χ1v) is 15.1. The Morgan fingerprint density at radius 3 is 2.29 bits per heavy atom. The fourth-order valence-electron chi connectivity index (χ4n) is 7.21. The van der Waals surface area contributed by atoms with Gasteiger partial charge in [0, 0.05) is 27.0 Å². The van der Waals surface area contributed by atoms with Crippen molar-refractivity contribution in [3.05, 3.63) is 135 Å². The van der Waals surface area contributed by atoms with Crippen LogP contribution in [0.25, 0.3) is 6.08 Å². The van der Waals surface area contributed by atoms with Crippen LogP contribution < -0.4 is 10.2 Å². The second-order valence-electron chi connectivity index (χ2n) is 11.2. The highest BCUT2D eigenvalue weighted by Gasteiger charge is 2.70. The molecule has 4 aromatic rings. The highest BCUT2D eigenvalue weighted by atomic mass is 79.9. The van der Waals surface area contributed by atoms with E-state index in [1.54, 1.807) is 12.1 Å². The monoisotopic (exact) mass is 616 g/mol. The lowest BCUT2D eigenvalue weighted by molar-refractivity contribution is -0.121. The minimum absolute atomic E-state index is 0.169. The van der Waals surface area contributed by atoms with E-state index >= 15 is 0 Å². The van der Waals surface area contributed by atoms with Crippen molar-refractivity contribution in [3.8, 4) is 0 Å². The SMILES string of the molecule is CCCc1ccc(C(=O)[C@H]2[C@H](C(=O)c3ccc(Br)cc3)[C@]3(C(=O)Nc4ccccc43)[C@H]3C=Cc4ccccc4N23)cc1. The van der Waals surface area contributed by atoms with E-state index in [0.29, 0.717) is 16.8 Å². The van der Waals surface area contributed by atoms with Gasteiger partial charge in [0.1, 0.15) is 11.5 Å². The van der Waals surface area contributed by atoms with Gasteiger partial charge in [0.05, 0.1) is 12.0 Å². The number of nitrogens with one attached hydrogen (secondary N) is 1. The Bertz CT molecular complexity index is 1760. The highest BCUT2D eigenvalue weighted by Crippen LogP contribution is 2.58. The third-order valence-electron chi connectivity index (χ3n) is 9.00. The maximum absolute atomic E-state index is 14.8. The van der Waals surface area contributed by atoms with E-state index in [1.807, 2.05) is 102 Å². The number of carbonyl (C=O) groups is 3. The molecule has 42 heavy (non-hydrogen) atoms. The molecule has 0 aromatic heterocycles. The average Bonchev–Trinajstić information content (AvgIpc) is 3.50. The third kappa shape index (κ3) is 3.85. The number of fused-ring (bicyclic) bond motifs is 6. The average molecular weight is 618 g/mol. The molecule has 1 fully saturated rings. The van der Waals surface area contributed by atoms with Crippen molar-refractivity contribution >= 4 is 50.9 Å². The molecule has 0 saturated carbocycles. The van der Waals surface area contributed by atoms with Gasteiger partial charge in [-0.25, -0.2) is 0 Å². The molecule has 1 N–H and O–H groups in total.